The van der Waals surface area contributed by atoms with Crippen LogP contribution in [0, 0.1) is 5.82 Å². The summed E-state index contributed by atoms with van der Waals surface area (Å²) < 4.78 is 13.2. The standard InChI is InChI=1S/C7H8BrFN2/c1-4(10)6-2-5(9)3-11-7(6)8/h2-4H,10H2,1H3/t4-/m0/s1. The molecule has 1 heterocycles. The second kappa shape index (κ2) is 3.28. The maximum Gasteiger partial charge on any atom is 0.141 e. The highest BCUT2D eigenvalue weighted by Gasteiger charge is 2.06. The molecule has 1 atom stereocenters. The molecule has 11 heavy (non-hydrogen) atoms. The van der Waals surface area contributed by atoms with E-state index >= 15 is 0 Å². The van der Waals surface area contributed by atoms with E-state index in [9.17, 15) is 4.39 Å². The van der Waals surface area contributed by atoms with Crippen molar-refractivity contribution in [1.29, 1.82) is 0 Å². The minimum atomic E-state index is -0.361. The van der Waals surface area contributed by atoms with Crippen LogP contribution >= 0.6 is 15.9 Å². The Balaban J connectivity index is 3.13. The first kappa shape index (κ1) is 8.62. The van der Waals surface area contributed by atoms with Crippen LogP contribution in [0.1, 0.15) is 18.5 Å². The summed E-state index contributed by atoms with van der Waals surface area (Å²) in [5.41, 5.74) is 6.23. The molecule has 0 fully saturated rings. The molecule has 0 amide bonds. The molecule has 1 rings (SSSR count). The van der Waals surface area contributed by atoms with Gasteiger partial charge < -0.3 is 5.73 Å². The summed E-state index contributed by atoms with van der Waals surface area (Å²) >= 11 is 3.17. The van der Waals surface area contributed by atoms with E-state index in [4.69, 9.17) is 5.73 Å². The molecule has 0 bridgehead atoms. The molecule has 1 aromatic heterocycles. The fourth-order valence-corrected chi connectivity index (χ4v) is 1.34. The van der Waals surface area contributed by atoms with Crippen LogP contribution in [-0.4, -0.2) is 4.98 Å². The molecule has 0 spiro atoms. The Labute approximate surface area is 72.8 Å². The van der Waals surface area contributed by atoms with Crippen LogP contribution in [0.5, 0.6) is 0 Å². The molecule has 0 saturated carbocycles. The van der Waals surface area contributed by atoms with Gasteiger partial charge in [0.1, 0.15) is 10.4 Å². The second-order valence-electron chi connectivity index (χ2n) is 2.32. The maximum absolute atomic E-state index is 12.6. The van der Waals surface area contributed by atoms with Crippen LogP contribution < -0.4 is 5.73 Å². The number of hydrogen-bond donors (Lipinski definition) is 1. The molecule has 2 nitrogen and oxygen atoms in total. The van der Waals surface area contributed by atoms with Gasteiger partial charge in [0.2, 0.25) is 0 Å². The average molecular weight is 219 g/mol. The van der Waals surface area contributed by atoms with Gasteiger partial charge in [-0.2, -0.15) is 0 Å². The third kappa shape index (κ3) is 1.97. The van der Waals surface area contributed by atoms with Gasteiger partial charge in [0.05, 0.1) is 6.20 Å². The fourth-order valence-electron chi connectivity index (χ4n) is 0.758. The van der Waals surface area contributed by atoms with Crippen molar-refractivity contribution in [2.75, 3.05) is 0 Å². The lowest BCUT2D eigenvalue weighted by molar-refractivity contribution is 0.613. The third-order valence-corrected chi connectivity index (χ3v) is 1.99. The van der Waals surface area contributed by atoms with Crippen molar-refractivity contribution in [2.45, 2.75) is 13.0 Å². The molecule has 2 N–H and O–H groups in total. The van der Waals surface area contributed by atoms with Crippen molar-refractivity contribution in [2.24, 2.45) is 5.73 Å². The van der Waals surface area contributed by atoms with Gasteiger partial charge in [0.25, 0.3) is 0 Å². The predicted octanol–water partition coefficient (Wildman–Crippen LogP) is 2.00. The van der Waals surface area contributed by atoms with E-state index in [1.54, 1.807) is 6.92 Å². The van der Waals surface area contributed by atoms with Gasteiger partial charge in [0.15, 0.2) is 0 Å². The second-order valence-corrected chi connectivity index (χ2v) is 3.07. The van der Waals surface area contributed by atoms with Gasteiger partial charge >= 0.3 is 0 Å². The number of pyridine rings is 1. The van der Waals surface area contributed by atoms with Crippen LogP contribution in [0.2, 0.25) is 0 Å². The average Bonchev–Trinajstić information content (AvgIpc) is 1.94. The van der Waals surface area contributed by atoms with Crippen LogP contribution in [-0.2, 0) is 0 Å². The number of hydrogen-bond acceptors (Lipinski definition) is 2. The van der Waals surface area contributed by atoms with Crippen LogP contribution in [0.4, 0.5) is 4.39 Å². The van der Waals surface area contributed by atoms with Crippen molar-refractivity contribution in [1.82, 2.24) is 4.98 Å². The summed E-state index contributed by atoms with van der Waals surface area (Å²) in [4.78, 5) is 3.76. The Kier molecular flexibility index (Phi) is 2.57. The van der Waals surface area contributed by atoms with Gasteiger partial charge in [-0.3, -0.25) is 0 Å². The molecular formula is C7H8BrFN2. The Morgan fingerprint density at radius 2 is 2.36 bits per heavy atom. The Morgan fingerprint density at radius 1 is 1.73 bits per heavy atom. The summed E-state index contributed by atoms with van der Waals surface area (Å²) in [6.07, 6.45) is 1.15. The minimum absolute atomic E-state index is 0.201. The first-order valence-electron chi connectivity index (χ1n) is 3.18. The van der Waals surface area contributed by atoms with E-state index < -0.39 is 0 Å². The van der Waals surface area contributed by atoms with E-state index in [0.29, 0.717) is 10.2 Å². The Bertz CT molecular complexity index is 263. The first-order chi connectivity index (χ1) is 5.11. The van der Waals surface area contributed by atoms with Crippen molar-refractivity contribution in [3.8, 4) is 0 Å². The van der Waals surface area contributed by atoms with Crippen molar-refractivity contribution >= 4 is 15.9 Å². The lowest BCUT2D eigenvalue weighted by Crippen LogP contribution is -2.06. The van der Waals surface area contributed by atoms with E-state index in [1.807, 2.05) is 0 Å². The summed E-state index contributed by atoms with van der Waals surface area (Å²) in [6, 6.07) is 1.18. The van der Waals surface area contributed by atoms with Crippen molar-refractivity contribution in [3.63, 3.8) is 0 Å². The van der Waals surface area contributed by atoms with E-state index in [-0.39, 0.29) is 11.9 Å². The molecule has 4 heteroatoms. The minimum Gasteiger partial charge on any atom is -0.324 e. The normalized spacial score (nSPS) is 13.1. The van der Waals surface area contributed by atoms with E-state index in [2.05, 4.69) is 20.9 Å². The highest BCUT2D eigenvalue weighted by molar-refractivity contribution is 9.10. The lowest BCUT2D eigenvalue weighted by Gasteiger charge is -2.06. The molecule has 60 valence electrons. The smallest absolute Gasteiger partial charge is 0.141 e. The van der Waals surface area contributed by atoms with Crippen molar-refractivity contribution in [3.05, 3.63) is 28.2 Å². The topological polar surface area (TPSA) is 38.9 Å². The lowest BCUT2D eigenvalue weighted by atomic mass is 10.2. The van der Waals surface area contributed by atoms with E-state index in [1.165, 1.54) is 6.07 Å². The first-order valence-corrected chi connectivity index (χ1v) is 3.97. The molecule has 0 unspecified atom stereocenters. The van der Waals surface area contributed by atoms with Gasteiger partial charge in [-0.15, -0.1) is 0 Å². The summed E-state index contributed by atoms with van der Waals surface area (Å²) in [5, 5.41) is 0. The molecular weight excluding hydrogens is 211 g/mol. The number of nitrogens with two attached hydrogens (primary N) is 1. The zero-order valence-corrected chi connectivity index (χ0v) is 7.60. The van der Waals surface area contributed by atoms with Crippen molar-refractivity contribution < 1.29 is 4.39 Å². The van der Waals surface area contributed by atoms with Crippen LogP contribution in [0.25, 0.3) is 0 Å². The molecule has 0 aromatic carbocycles. The predicted molar refractivity (Wildman–Crippen MR) is 44.5 cm³/mol. The maximum atomic E-state index is 12.6. The Morgan fingerprint density at radius 3 is 2.82 bits per heavy atom. The summed E-state index contributed by atoms with van der Waals surface area (Å²) in [5.74, 6) is -0.361. The number of halogens is 2. The third-order valence-electron chi connectivity index (χ3n) is 1.32. The van der Waals surface area contributed by atoms with Gasteiger partial charge in [-0.25, -0.2) is 9.37 Å². The van der Waals surface area contributed by atoms with Gasteiger partial charge in [-0.05, 0) is 28.9 Å². The molecule has 0 radical (unpaired) electrons. The molecule has 1 aromatic rings. The summed E-state index contributed by atoms with van der Waals surface area (Å²) in [6.45, 7) is 1.78. The van der Waals surface area contributed by atoms with Gasteiger partial charge in [0, 0.05) is 11.6 Å². The molecule has 0 aliphatic rings. The monoisotopic (exact) mass is 218 g/mol. The zero-order valence-electron chi connectivity index (χ0n) is 6.01. The highest BCUT2D eigenvalue weighted by atomic mass is 79.9. The molecule has 0 saturated heterocycles. The fraction of sp³-hybridized carbons (Fsp3) is 0.286. The zero-order chi connectivity index (χ0) is 8.43. The SMILES string of the molecule is C[C@H](N)c1cc(F)cnc1Br. The molecule has 0 aliphatic heterocycles. The number of aromatic nitrogens is 1. The highest BCUT2D eigenvalue weighted by Crippen LogP contribution is 2.19. The molecule has 0 aliphatic carbocycles. The van der Waals surface area contributed by atoms with Crippen LogP contribution in [0.3, 0.4) is 0 Å². The Hall–Kier alpha value is -0.480. The summed E-state index contributed by atoms with van der Waals surface area (Å²) in [7, 11) is 0. The number of nitrogens with zero attached hydrogens (tertiary/aromatic N) is 1. The van der Waals surface area contributed by atoms with Gasteiger partial charge in [-0.1, -0.05) is 0 Å². The van der Waals surface area contributed by atoms with Crippen LogP contribution in [0.15, 0.2) is 16.9 Å². The van der Waals surface area contributed by atoms with E-state index in [0.717, 1.165) is 6.20 Å². The quantitative estimate of drug-likeness (QED) is 0.733. The largest absolute Gasteiger partial charge is 0.324 e. The number of rotatable bonds is 1.